The summed E-state index contributed by atoms with van der Waals surface area (Å²) < 4.78 is 13.8. The minimum Gasteiger partial charge on any atom is -0.339 e. The molecule has 0 radical (unpaired) electrons. The zero-order valence-electron chi connectivity index (χ0n) is 15.4. The molecular weight excluding hydrogens is 355 g/mol. The summed E-state index contributed by atoms with van der Waals surface area (Å²) in [5, 5.41) is 24.2. The Hall–Kier alpha value is -3.22. The van der Waals surface area contributed by atoms with Crippen LogP contribution < -0.4 is 10.6 Å². The van der Waals surface area contributed by atoms with Crippen LogP contribution in [0.5, 0.6) is 0 Å². The second kappa shape index (κ2) is 9.12. The third kappa shape index (κ3) is 4.73. The first kappa shape index (κ1) is 19.5. The summed E-state index contributed by atoms with van der Waals surface area (Å²) in [5.41, 5.74) is 2.41. The fourth-order valence-corrected chi connectivity index (χ4v) is 3.33. The van der Waals surface area contributed by atoms with E-state index in [1.807, 2.05) is 24.3 Å². The number of piperidine rings is 1. The highest BCUT2D eigenvalue weighted by atomic mass is 19.1. The third-order valence-corrected chi connectivity index (χ3v) is 4.92. The molecule has 28 heavy (non-hydrogen) atoms. The monoisotopic (exact) mass is 376 g/mol. The van der Waals surface area contributed by atoms with Crippen molar-refractivity contribution in [1.29, 1.82) is 10.5 Å². The summed E-state index contributed by atoms with van der Waals surface area (Å²) in [6.45, 7) is 0.826. The average molecular weight is 376 g/mol. The highest BCUT2D eigenvalue weighted by Gasteiger charge is 2.23. The first-order chi connectivity index (χ1) is 13.6. The Labute approximate surface area is 163 Å². The highest BCUT2D eigenvalue weighted by Crippen LogP contribution is 2.22. The molecule has 0 aliphatic carbocycles. The quantitative estimate of drug-likeness (QED) is 0.839. The number of hydrogen-bond donors (Lipinski definition) is 2. The maximum atomic E-state index is 13.8. The van der Waals surface area contributed by atoms with Crippen molar-refractivity contribution in [2.24, 2.45) is 0 Å². The van der Waals surface area contributed by atoms with Gasteiger partial charge in [-0.15, -0.1) is 0 Å². The first-order valence-corrected chi connectivity index (χ1v) is 9.33. The molecule has 1 fully saturated rings. The van der Waals surface area contributed by atoms with Crippen molar-refractivity contribution >= 4 is 5.91 Å². The van der Waals surface area contributed by atoms with Crippen LogP contribution in [0.2, 0.25) is 0 Å². The lowest BCUT2D eigenvalue weighted by Gasteiger charge is -2.23. The van der Waals surface area contributed by atoms with E-state index in [9.17, 15) is 14.4 Å². The zero-order chi connectivity index (χ0) is 19.9. The van der Waals surface area contributed by atoms with Crippen LogP contribution in [0.1, 0.15) is 30.4 Å². The molecule has 6 heteroatoms. The standard InChI is InChI=1S/C22H21FN4O/c23-20-12-17(8-9-18(20)13-24)16-6-4-15(5-7-16)11-19(14-25)27-22(28)21-3-1-2-10-26-21/h4-9,12,19,21,26H,1-3,10-11H2,(H,27,28)/t19-,21?/m0/s1. The molecule has 1 aliphatic heterocycles. The van der Waals surface area contributed by atoms with E-state index in [0.29, 0.717) is 12.0 Å². The van der Waals surface area contributed by atoms with Crippen LogP contribution in [-0.2, 0) is 11.2 Å². The number of halogens is 1. The summed E-state index contributed by atoms with van der Waals surface area (Å²) >= 11 is 0. The van der Waals surface area contributed by atoms with Crippen LogP contribution in [0.15, 0.2) is 42.5 Å². The lowest BCUT2D eigenvalue weighted by atomic mass is 9.99. The number of carbonyl (C=O) groups is 1. The summed E-state index contributed by atoms with van der Waals surface area (Å²) in [5.74, 6) is -0.677. The molecule has 1 aliphatic rings. The minimum atomic E-state index is -0.602. The largest absolute Gasteiger partial charge is 0.339 e. The number of benzene rings is 2. The number of hydrogen-bond acceptors (Lipinski definition) is 4. The molecule has 142 valence electrons. The van der Waals surface area contributed by atoms with E-state index >= 15 is 0 Å². The van der Waals surface area contributed by atoms with Gasteiger partial charge in [0.25, 0.3) is 0 Å². The molecule has 2 aromatic carbocycles. The average Bonchev–Trinajstić information content (AvgIpc) is 2.74. The van der Waals surface area contributed by atoms with E-state index in [1.54, 1.807) is 12.1 Å². The fraction of sp³-hybridized carbons (Fsp3) is 0.318. The normalized spacial score (nSPS) is 17.2. The summed E-state index contributed by atoms with van der Waals surface area (Å²) in [6.07, 6.45) is 3.28. The van der Waals surface area contributed by atoms with Crippen LogP contribution in [0.3, 0.4) is 0 Å². The summed E-state index contributed by atoms with van der Waals surface area (Å²) in [6, 6.07) is 15.0. The van der Waals surface area contributed by atoms with Crippen molar-refractivity contribution in [3.63, 3.8) is 0 Å². The Bertz CT molecular complexity index is 921. The van der Waals surface area contributed by atoms with Crippen molar-refractivity contribution in [3.05, 3.63) is 59.4 Å². The molecule has 0 aromatic heterocycles. The van der Waals surface area contributed by atoms with Gasteiger partial charge in [-0.05, 0) is 48.2 Å². The van der Waals surface area contributed by atoms with Gasteiger partial charge in [-0.3, -0.25) is 4.79 Å². The smallest absolute Gasteiger partial charge is 0.238 e. The van der Waals surface area contributed by atoms with Crippen molar-refractivity contribution < 1.29 is 9.18 Å². The number of nitrogens with one attached hydrogen (secondary N) is 2. The number of nitrogens with zero attached hydrogens (tertiary/aromatic N) is 2. The van der Waals surface area contributed by atoms with Crippen LogP contribution in [-0.4, -0.2) is 24.5 Å². The van der Waals surface area contributed by atoms with Gasteiger partial charge in [-0.2, -0.15) is 10.5 Å². The molecule has 5 nitrogen and oxygen atoms in total. The van der Waals surface area contributed by atoms with Crippen LogP contribution >= 0.6 is 0 Å². The Balaban J connectivity index is 1.64. The lowest BCUT2D eigenvalue weighted by Crippen LogP contribution is -2.49. The van der Waals surface area contributed by atoms with Gasteiger partial charge >= 0.3 is 0 Å². The summed E-state index contributed by atoms with van der Waals surface area (Å²) in [4.78, 5) is 12.3. The van der Waals surface area contributed by atoms with E-state index in [4.69, 9.17) is 5.26 Å². The van der Waals surface area contributed by atoms with Crippen molar-refractivity contribution in [3.8, 4) is 23.3 Å². The Morgan fingerprint density at radius 3 is 2.54 bits per heavy atom. The van der Waals surface area contributed by atoms with Crippen molar-refractivity contribution in [2.75, 3.05) is 6.54 Å². The molecule has 0 spiro atoms. The zero-order valence-corrected chi connectivity index (χ0v) is 15.4. The van der Waals surface area contributed by atoms with Crippen molar-refractivity contribution in [1.82, 2.24) is 10.6 Å². The van der Waals surface area contributed by atoms with Crippen LogP contribution in [0.25, 0.3) is 11.1 Å². The molecule has 1 heterocycles. The third-order valence-electron chi connectivity index (χ3n) is 4.92. The predicted molar refractivity (Wildman–Crippen MR) is 103 cm³/mol. The second-order valence-corrected chi connectivity index (χ2v) is 6.90. The topological polar surface area (TPSA) is 88.7 Å². The van der Waals surface area contributed by atoms with E-state index in [1.165, 1.54) is 12.1 Å². The van der Waals surface area contributed by atoms with Gasteiger partial charge in [0.1, 0.15) is 17.9 Å². The van der Waals surface area contributed by atoms with Gasteiger partial charge in [0.15, 0.2) is 0 Å². The molecule has 0 bridgehead atoms. The van der Waals surface area contributed by atoms with E-state index in [2.05, 4.69) is 16.7 Å². The lowest BCUT2D eigenvalue weighted by molar-refractivity contribution is -0.124. The van der Waals surface area contributed by atoms with Crippen LogP contribution in [0, 0.1) is 28.5 Å². The highest BCUT2D eigenvalue weighted by molar-refractivity contribution is 5.82. The van der Waals surface area contributed by atoms with E-state index in [-0.39, 0.29) is 17.5 Å². The van der Waals surface area contributed by atoms with Gasteiger partial charge in [-0.25, -0.2) is 4.39 Å². The molecular formula is C22H21FN4O. The minimum absolute atomic E-state index is 0.0143. The van der Waals surface area contributed by atoms with E-state index < -0.39 is 11.9 Å². The van der Waals surface area contributed by atoms with Gasteiger partial charge in [0, 0.05) is 6.42 Å². The molecule has 2 N–H and O–H groups in total. The van der Waals surface area contributed by atoms with Gasteiger partial charge in [0.05, 0.1) is 17.7 Å². The van der Waals surface area contributed by atoms with Gasteiger partial charge < -0.3 is 10.6 Å². The maximum absolute atomic E-state index is 13.8. The van der Waals surface area contributed by atoms with E-state index in [0.717, 1.165) is 36.9 Å². The fourth-order valence-electron chi connectivity index (χ4n) is 3.33. The SMILES string of the molecule is N#Cc1ccc(-c2ccc(C[C@@H](C#N)NC(=O)C3CCCCN3)cc2)cc1F. The Kier molecular flexibility index (Phi) is 6.37. The first-order valence-electron chi connectivity index (χ1n) is 9.33. The Morgan fingerprint density at radius 2 is 1.93 bits per heavy atom. The molecule has 2 atom stereocenters. The molecule has 1 unspecified atom stereocenters. The molecule has 2 aromatic rings. The Morgan fingerprint density at radius 1 is 1.18 bits per heavy atom. The number of amides is 1. The molecule has 1 amide bonds. The maximum Gasteiger partial charge on any atom is 0.238 e. The molecule has 3 rings (SSSR count). The van der Waals surface area contributed by atoms with Gasteiger partial charge in [0.2, 0.25) is 5.91 Å². The van der Waals surface area contributed by atoms with Crippen LogP contribution in [0.4, 0.5) is 4.39 Å². The number of nitriles is 2. The molecule has 1 saturated heterocycles. The van der Waals surface area contributed by atoms with Gasteiger partial charge in [-0.1, -0.05) is 36.8 Å². The summed E-state index contributed by atoms with van der Waals surface area (Å²) in [7, 11) is 0. The number of rotatable bonds is 5. The number of carbonyl (C=O) groups excluding carboxylic acids is 1. The predicted octanol–water partition coefficient (Wildman–Crippen LogP) is 3.06. The second-order valence-electron chi connectivity index (χ2n) is 6.90. The van der Waals surface area contributed by atoms with Crippen molar-refractivity contribution in [2.45, 2.75) is 37.8 Å². The molecule has 0 saturated carbocycles.